The molecule has 1 N–H and O–H groups in total. The fraction of sp³-hybridized carbons (Fsp3) is 0.409. The van der Waals surface area contributed by atoms with Gasteiger partial charge in [-0.15, -0.1) is 11.8 Å². The Kier molecular flexibility index (Phi) is 7.18. The normalized spacial score (nSPS) is 16.7. The van der Waals surface area contributed by atoms with Crippen LogP contribution in [0.15, 0.2) is 59.5 Å². The molecular formula is C22H28N2O2S. The van der Waals surface area contributed by atoms with Gasteiger partial charge in [-0.05, 0) is 56.6 Å². The molecule has 1 amide bonds. The lowest BCUT2D eigenvalue weighted by atomic mass is 10.1. The maximum absolute atomic E-state index is 12.3. The van der Waals surface area contributed by atoms with Crippen LogP contribution in [0.4, 0.5) is 0 Å². The molecule has 1 saturated heterocycles. The smallest absolute Gasteiger partial charge is 0.233 e. The Balaban J connectivity index is 1.43. The number of carbonyl (C=O) groups excluding carboxylic acids is 1. The van der Waals surface area contributed by atoms with Gasteiger partial charge in [0.15, 0.2) is 0 Å². The van der Waals surface area contributed by atoms with Crippen molar-refractivity contribution in [1.82, 2.24) is 10.2 Å². The number of ether oxygens (including phenoxy) is 1. The van der Waals surface area contributed by atoms with Crippen LogP contribution in [0.3, 0.4) is 0 Å². The summed E-state index contributed by atoms with van der Waals surface area (Å²) < 4.78 is 6.07. The highest BCUT2D eigenvalue weighted by molar-refractivity contribution is 8.00. The average Bonchev–Trinajstić information content (AvgIpc) is 2.69. The van der Waals surface area contributed by atoms with Crippen LogP contribution >= 0.6 is 11.8 Å². The Morgan fingerprint density at radius 3 is 2.48 bits per heavy atom. The first-order valence-corrected chi connectivity index (χ1v) is 10.4. The van der Waals surface area contributed by atoms with E-state index < -0.39 is 0 Å². The van der Waals surface area contributed by atoms with E-state index in [0.717, 1.165) is 42.1 Å². The van der Waals surface area contributed by atoms with Gasteiger partial charge in [0.25, 0.3) is 0 Å². The number of amides is 1. The van der Waals surface area contributed by atoms with Gasteiger partial charge in [0, 0.05) is 24.5 Å². The SMILES string of the molecule is CC(Sc1ccccc1)C(=O)NCc1ccc(OC2CCN(C)CC2)cc1. The molecule has 2 aromatic carbocycles. The summed E-state index contributed by atoms with van der Waals surface area (Å²) in [6, 6.07) is 18.1. The van der Waals surface area contributed by atoms with Crippen molar-refractivity contribution in [3.05, 3.63) is 60.2 Å². The lowest BCUT2D eigenvalue weighted by Crippen LogP contribution is -2.35. The van der Waals surface area contributed by atoms with Gasteiger partial charge in [-0.2, -0.15) is 0 Å². The third kappa shape index (κ3) is 6.29. The summed E-state index contributed by atoms with van der Waals surface area (Å²) >= 11 is 1.57. The number of piperidine rings is 1. The third-order valence-electron chi connectivity index (χ3n) is 4.78. The number of likely N-dealkylation sites (tertiary alicyclic amines) is 1. The Morgan fingerprint density at radius 1 is 1.15 bits per heavy atom. The van der Waals surface area contributed by atoms with E-state index in [1.807, 2.05) is 61.5 Å². The van der Waals surface area contributed by atoms with Crippen molar-refractivity contribution in [2.24, 2.45) is 0 Å². The van der Waals surface area contributed by atoms with E-state index >= 15 is 0 Å². The zero-order valence-electron chi connectivity index (χ0n) is 16.1. The van der Waals surface area contributed by atoms with Crippen LogP contribution < -0.4 is 10.1 Å². The van der Waals surface area contributed by atoms with Crippen molar-refractivity contribution in [3.63, 3.8) is 0 Å². The van der Waals surface area contributed by atoms with Crippen LogP contribution in [-0.2, 0) is 11.3 Å². The summed E-state index contributed by atoms with van der Waals surface area (Å²) in [5.74, 6) is 0.961. The molecule has 2 aromatic rings. The quantitative estimate of drug-likeness (QED) is 0.734. The highest BCUT2D eigenvalue weighted by atomic mass is 32.2. The minimum atomic E-state index is -0.126. The number of carbonyl (C=O) groups is 1. The predicted molar refractivity (Wildman–Crippen MR) is 111 cm³/mol. The van der Waals surface area contributed by atoms with Gasteiger partial charge in [-0.1, -0.05) is 30.3 Å². The third-order valence-corrected chi connectivity index (χ3v) is 5.90. The van der Waals surface area contributed by atoms with Crippen LogP contribution in [0.25, 0.3) is 0 Å². The molecule has 1 aliphatic rings. The van der Waals surface area contributed by atoms with Crippen LogP contribution in [0.5, 0.6) is 5.75 Å². The summed E-state index contributed by atoms with van der Waals surface area (Å²) in [6.45, 7) is 4.65. The number of rotatable bonds is 7. The maximum Gasteiger partial charge on any atom is 0.233 e. The van der Waals surface area contributed by atoms with E-state index in [4.69, 9.17) is 4.74 Å². The molecule has 3 rings (SSSR count). The second kappa shape index (κ2) is 9.81. The molecule has 1 atom stereocenters. The van der Waals surface area contributed by atoms with E-state index in [9.17, 15) is 4.79 Å². The molecule has 1 fully saturated rings. The second-order valence-electron chi connectivity index (χ2n) is 7.06. The Hall–Kier alpha value is -1.98. The topological polar surface area (TPSA) is 41.6 Å². The summed E-state index contributed by atoms with van der Waals surface area (Å²) in [6.07, 6.45) is 2.46. The summed E-state index contributed by atoms with van der Waals surface area (Å²) in [7, 11) is 2.15. The van der Waals surface area contributed by atoms with Crippen molar-refractivity contribution in [3.8, 4) is 5.75 Å². The molecule has 0 aromatic heterocycles. The van der Waals surface area contributed by atoms with Crippen molar-refractivity contribution >= 4 is 17.7 Å². The number of benzene rings is 2. The zero-order chi connectivity index (χ0) is 19.1. The average molecular weight is 385 g/mol. The van der Waals surface area contributed by atoms with Gasteiger partial charge in [0.05, 0.1) is 5.25 Å². The molecule has 0 radical (unpaired) electrons. The van der Waals surface area contributed by atoms with E-state index in [2.05, 4.69) is 17.3 Å². The molecule has 27 heavy (non-hydrogen) atoms. The summed E-state index contributed by atoms with van der Waals surface area (Å²) in [5.41, 5.74) is 1.08. The first-order valence-electron chi connectivity index (χ1n) is 9.54. The fourth-order valence-electron chi connectivity index (χ4n) is 3.07. The minimum Gasteiger partial charge on any atom is -0.490 e. The molecule has 5 heteroatoms. The van der Waals surface area contributed by atoms with Crippen molar-refractivity contribution < 1.29 is 9.53 Å². The number of nitrogens with zero attached hydrogens (tertiary/aromatic N) is 1. The van der Waals surface area contributed by atoms with E-state index in [1.54, 1.807) is 11.8 Å². The fourth-order valence-corrected chi connectivity index (χ4v) is 3.98. The van der Waals surface area contributed by atoms with Gasteiger partial charge in [0.1, 0.15) is 11.9 Å². The summed E-state index contributed by atoms with van der Waals surface area (Å²) in [4.78, 5) is 15.8. The molecule has 1 unspecified atom stereocenters. The lowest BCUT2D eigenvalue weighted by molar-refractivity contribution is -0.120. The zero-order valence-corrected chi connectivity index (χ0v) is 16.9. The Bertz CT molecular complexity index is 713. The van der Waals surface area contributed by atoms with Gasteiger partial charge >= 0.3 is 0 Å². The lowest BCUT2D eigenvalue weighted by Gasteiger charge is -2.29. The molecule has 0 spiro atoms. The first-order chi connectivity index (χ1) is 13.1. The van der Waals surface area contributed by atoms with Crippen LogP contribution in [0.2, 0.25) is 0 Å². The van der Waals surface area contributed by atoms with Crippen molar-refractivity contribution in [2.75, 3.05) is 20.1 Å². The number of thioether (sulfide) groups is 1. The van der Waals surface area contributed by atoms with Crippen molar-refractivity contribution in [2.45, 2.75) is 42.6 Å². The van der Waals surface area contributed by atoms with Crippen LogP contribution in [0, 0.1) is 0 Å². The molecule has 0 aliphatic carbocycles. The Labute approximate surface area is 166 Å². The standard InChI is InChI=1S/C22H28N2O2S/c1-17(27-21-6-4-3-5-7-21)22(25)23-16-18-8-10-19(11-9-18)26-20-12-14-24(2)15-13-20/h3-11,17,20H,12-16H2,1-2H3,(H,23,25). The molecule has 0 saturated carbocycles. The van der Waals surface area contributed by atoms with E-state index in [-0.39, 0.29) is 11.2 Å². The molecule has 4 nitrogen and oxygen atoms in total. The monoisotopic (exact) mass is 384 g/mol. The van der Waals surface area contributed by atoms with E-state index in [0.29, 0.717) is 12.6 Å². The van der Waals surface area contributed by atoms with Crippen LogP contribution in [0.1, 0.15) is 25.3 Å². The maximum atomic E-state index is 12.3. The highest BCUT2D eigenvalue weighted by Gasteiger charge is 2.18. The molecule has 0 bridgehead atoms. The summed E-state index contributed by atoms with van der Waals surface area (Å²) in [5, 5.41) is 2.89. The first kappa shape index (κ1) is 19.8. The minimum absolute atomic E-state index is 0.0514. The number of hydrogen-bond acceptors (Lipinski definition) is 4. The molecule has 1 aliphatic heterocycles. The number of nitrogens with one attached hydrogen (secondary N) is 1. The Morgan fingerprint density at radius 2 is 1.81 bits per heavy atom. The van der Waals surface area contributed by atoms with Gasteiger partial charge in [-0.3, -0.25) is 4.79 Å². The van der Waals surface area contributed by atoms with E-state index in [1.165, 1.54) is 0 Å². The van der Waals surface area contributed by atoms with Crippen molar-refractivity contribution in [1.29, 1.82) is 0 Å². The van der Waals surface area contributed by atoms with Gasteiger partial charge in [-0.25, -0.2) is 0 Å². The number of hydrogen-bond donors (Lipinski definition) is 1. The molecule has 144 valence electrons. The predicted octanol–water partition coefficient (Wildman–Crippen LogP) is 3.96. The molecule has 1 heterocycles. The molecular weight excluding hydrogens is 356 g/mol. The van der Waals surface area contributed by atoms with Gasteiger partial charge in [0.2, 0.25) is 5.91 Å². The van der Waals surface area contributed by atoms with Crippen LogP contribution in [-0.4, -0.2) is 42.3 Å². The highest BCUT2D eigenvalue weighted by Crippen LogP contribution is 2.23. The largest absolute Gasteiger partial charge is 0.490 e. The second-order valence-corrected chi connectivity index (χ2v) is 8.47. The van der Waals surface area contributed by atoms with Gasteiger partial charge < -0.3 is 15.0 Å².